The molecule has 0 radical (unpaired) electrons. The van der Waals surface area contributed by atoms with Gasteiger partial charge in [-0.2, -0.15) is 0 Å². The van der Waals surface area contributed by atoms with E-state index in [0.29, 0.717) is 0 Å². The molecule has 4 heteroatoms. The second-order valence-electron chi connectivity index (χ2n) is 3.84. The summed E-state index contributed by atoms with van der Waals surface area (Å²) in [5.74, 6) is 0. The molecule has 0 fully saturated rings. The zero-order valence-corrected chi connectivity index (χ0v) is 13.9. The van der Waals surface area contributed by atoms with Crippen molar-refractivity contribution in [1.82, 2.24) is 5.32 Å². The maximum Gasteiger partial charge on any atom is 0.0214 e. The SMILES string of the molecule is CNCc1cc(Br)ccc1Sc1cccc(Br)c1. The Balaban J connectivity index is 2.28. The van der Waals surface area contributed by atoms with Crippen molar-refractivity contribution in [2.75, 3.05) is 7.05 Å². The lowest BCUT2D eigenvalue weighted by atomic mass is 10.2. The van der Waals surface area contributed by atoms with E-state index >= 15 is 0 Å². The lowest BCUT2D eigenvalue weighted by Gasteiger charge is -2.09. The van der Waals surface area contributed by atoms with Gasteiger partial charge in [-0.05, 0) is 49.0 Å². The van der Waals surface area contributed by atoms with E-state index in [2.05, 4.69) is 73.6 Å². The third-order valence-electron chi connectivity index (χ3n) is 2.41. The molecule has 1 N–H and O–H groups in total. The molecule has 0 saturated carbocycles. The maximum atomic E-state index is 3.52. The number of hydrogen-bond acceptors (Lipinski definition) is 2. The lowest BCUT2D eigenvalue weighted by Crippen LogP contribution is -2.06. The van der Waals surface area contributed by atoms with Gasteiger partial charge in [-0.25, -0.2) is 0 Å². The Kier molecular flexibility index (Phi) is 5.30. The molecule has 18 heavy (non-hydrogen) atoms. The first-order valence-corrected chi connectivity index (χ1v) is 7.96. The first-order chi connectivity index (χ1) is 8.69. The van der Waals surface area contributed by atoms with E-state index in [1.165, 1.54) is 15.4 Å². The van der Waals surface area contributed by atoms with Gasteiger partial charge in [0.05, 0.1) is 0 Å². The summed E-state index contributed by atoms with van der Waals surface area (Å²) in [7, 11) is 1.97. The summed E-state index contributed by atoms with van der Waals surface area (Å²) in [4.78, 5) is 2.52. The molecular weight excluding hydrogens is 374 g/mol. The average Bonchev–Trinajstić information content (AvgIpc) is 2.33. The second-order valence-corrected chi connectivity index (χ2v) is 6.79. The predicted octanol–water partition coefficient (Wildman–Crippen LogP) is 5.08. The fraction of sp³-hybridized carbons (Fsp3) is 0.143. The van der Waals surface area contributed by atoms with Gasteiger partial charge in [-0.1, -0.05) is 49.7 Å². The van der Waals surface area contributed by atoms with Crippen molar-refractivity contribution in [3.63, 3.8) is 0 Å². The summed E-state index contributed by atoms with van der Waals surface area (Å²) < 4.78 is 2.23. The Bertz CT molecular complexity index is 543. The molecule has 0 bridgehead atoms. The molecule has 0 spiro atoms. The largest absolute Gasteiger partial charge is 0.316 e. The van der Waals surface area contributed by atoms with E-state index in [1.807, 2.05) is 13.1 Å². The van der Waals surface area contributed by atoms with Crippen LogP contribution in [0, 0.1) is 0 Å². The molecule has 0 amide bonds. The predicted molar refractivity (Wildman–Crippen MR) is 85.2 cm³/mol. The van der Waals surface area contributed by atoms with Crippen molar-refractivity contribution in [2.24, 2.45) is 0 Å². The Labute approximate surface area is 129 Å². The molecule has 2 aromatic rings. The topological polar surface area (TPSA) is 12.0 Å². The van der Waals surface area contributed by atoms with Crippen LogP contribution < -0.4 is 5.32 Å². The van der Waals surface area contributed by atoms with Crippen LogP contribution in [0.4, 0.5) is 0 Å². The van der Waals surface area contributed by atoms with Crippen molar-refractivity contribution in [1.29, 1.82) is 0 Å². The van der Waals surface area contributed by atoms with Gasteiger partial charge in [-0.3, -0.25) is 0 Å². The first kappa shape index (κ1) is 14.1. The Morgan fingerprint density at radius 2 is 1.83 bits per heavy atom. The Morgan fingerprint density at radius 1 is 1.06 bits per heavy atom. The minimum absolute atomic E-state index is 0.871. The van der Waals surface area contributed by atoms with Gasteiger partial charge in [0.15, 0.2) is 0 Å². The molecule has 0 atom stereocenters. The number of benzene rings is 2. The van der Waals surface area contributed by atoms with Crippen LogP contribution >= 0.6 is 43.6 Å². The smallest absolute Gasteiger partial charge is 0.0214 e. The van der Waals surface area contributed by atoms with Gasteiger partial charge in [0, 0.05) is 25.3 Å². The maximum absolute atomic E-state index is 3.52. The van der Waals surface area contributed by atoms with Crippen molar-refractivity contribution in [2.45, 2.75) is 16.3 Å². The highest BCUT2D eigenvalue weighted by Crippen LogP contribution is 2.33. The third kappa shape index (κ3) is 3.85. The van der Waals surface area contributed by atoms with E-state index < -0.39 is 0 Å². The van der Waals surface area contributed by atoms with Gasteiger partial charge in [-0.15, -0.1) is 0 Å². The molecule has 0 aromatic heterocycles. The Morgan fingerprint density at radius 3 is 2.56 bits per heavy atom. The summed E-state index contributed by atoms with van der Waals surface area (Å²) in [6.45, 7) is 0.871. The number of halogens is 2. The quantitative estimate of drug-likeness (QED) is 0.785. The fourth-order valence-corrected chi connectivity index (χ4v) is 3.58. The van der Waals surface area contributed by atoms with Crippen LogP contribution in [-0.2, 0) is 6.54 Å². The molecule has 0 saturated heterocycles. The summed E-state index contributed by atoms with van der Waals surface area (Å²) >= 11 is 8.81. The highest BCUT2D eigenvalue weighted by molar-refractivity contribution is 9.10. The summed E-state index contributed by atoms with van der Waals surface area (Å²) in [5, 5.41) is 3.21. The van der Waals surface area contributed by atoms with Crippen molar-refractivity contribution >= 4 is 43.6 Å². The molecule has 0 aliphatic heterocycles. The van der Waals surface area contributed by atoms with Gasteiger partial charge in [0.1, 0.15) is 0 Å². The summed E-state index contributed by atoms with van der Waals surface area (Å²) in [6, 6.07) is 14.8. The zero-order chi connectivity index (χ0) is 13.0. The molecule has 2 rings (SSSR count). The molecule has 94 valence electrons. The first-order valence-electron chi connectivity index (χ1n) is 5.55. The van der Waals surface area contributed by atoms with Crippen LogP contribution in [-0.4, -0.2) is 7.05 Å². The third-order valence-corrected chi connectivity index (χ3v) is 4.51. The van der Waals surface area contributed by atoms with E-state index in [4.69, 9.17) is 0 Å². The average molecular weight is 387 g/mol. The van der Waals surface area contributed by atoms with Crippen LogP contribution in [0.2, 0.25) is 0 Å². The van der Waals surface area contributed by atoms with E-state index in [0.717, 1.165) is 15.5 Å². The molecule has 0 aliphatic carbocycles. The van der Waals surface area contributed by atoms with Crippen LogP contribution in [0.5, 0.6) is 0 Å². The van der Waals surface area contributed by atoms with Crippen LogP contribution in [0.3, 0.4) is 0 Å². The number of nitrogens with one attached hydrogen (secondary N) is 1. The fourth-order valence-electron chi connectivity index (χ4n) is 1.63. The molecule has 0 unspecified atom stereocenters. The highest BCUT2D eigenvalue weighted by Gasteiger charge is 2.05. The van der Waals surface area contributed by atoms with Crippen molar-refractivity contribution < 1.29 is 0 Å². The molecule has 2 aromatic carbocycles. The number of hydrogen-bond donors (Lipinski definition) is 1. The van der Waals surface area contributed by atoms with Crippen LogP contribution in [0.1, 0.15) is 5.56 Å². The minimum Gasteiger partial charge on any atom is -0.316 e. The monoisotopic (exact) mass is 385 g/mol. The molecule has 1 nitrogen and oxygen atoms in total. The summed E-state index contributed by atoms with van der Waals surface area (Å²) in [6.07, 6.45) is 0. The highest BCUT2D eigenvalue weighted by atomic mass is 79.9. The summed E-state index contributed by atoms with van der Waals surface area (Å²) in [5.41, 5.74) is 1.30. The second kappa shape index (κ2) is 6.75. The van der Waals surface area contributed by atoms with E-state index in [-0.39, 0.29) is 0 Å². The van der Waals surface area contributed by atoms with Gasteiger partial charge >= 0.3 is 0 Å². The van der Waals surface area contributed by atoms with Crippen LogP contribution in [0.25, 0.3) is 0 Å². The number of rotatable bonds is 4. The lowest BCUT2D eigenvalue weighted by molar-refractivity contribution is 0.802. The standard InChI is InChI=1S/C14H13Br2NS/c1-17-9-10-7-12(16)5-6-14(10)18-13-4-2-3-11(15)8-13/h2-8,17H,9H2,1H3. The zero-order valence-electron chi connectivity index (χ0n) is 9.91. The minimum atomic E-state index is 0.871. The Hall–Kier alpha value is -0.290. The van der Waals surface area contributed by atoms with Gasteiger partial charge in [0.2, 0.25) is 0 Å². The van der Waals surface area contributed by atoms with Crippen LogP contribution in [0.15, 0.2) is 61.2 Å². The normalized spacial score (nSPS) is 10.6. The molecule has 0 heterocycles. The van der Waals surface area contributed by atoms with E-state index in [9.17, 15) is 0 Å². The van der Waals surface area contributed by atoms with Gasteiger partial charge in [0.25, 0.3) is 0 Å². The van der Waals surface area contributed by atoms with E-state index in [1.54, 1.807) is 11.8 Å². The van der Waals surface area contributed by atoms with Crippen molar-refractivity contribution in [3.8, 4) is 0 Å². The van der Waals surface area contributed by atoms with Crippen molar-refractivity contribution in [3.05, 3.63) is 57.0 Å². The molecule has 0 aliphatic rings. The van der Waals surface area contributed by atoms with Gasteiger partial charge < -0.3 is 5.32 Å². The molecular formula is C14H13Br2NS.